The quantitative estimate of drug-likeness (QED) is 0.547. The van der Waals surface area contributed by atoms with Crippen LogP contribution in [0.25, 0.3) is 10.9 Å². The van der Waals surface area contributed by atoms with E-state index in [-0.39, 0.29) is 5.56 Å². The highest BCUT2D eigenvalue weighted by molar-refractivity contribution is 6.04. The van der Waals surface area contributed by atoms with Crippen LogP contribution in [0.15, 0.2) is 53.3 Å². The third-order valence-electron chi connectivity index (χ3n) is 7.16. The SMILES string of the molecule is BN(Cc1ccc2c(c1)OCCO2)C1CCN(CCn2c(=O)ccc3c(NC)cccc32)CC1. The van der Waals surface area contributed by atoms with Crippen LogP contribution in [0.2, 0.25) is 0 Å². The van der Waals surface area contributed by atoms with Crippen molar-refractivity contribution in [2.75, 3.05) is 45.2 Å². The molecule has 2 aromatic carbocycles. The summed E-state index contributed by atoms with van der Waals surface area (Å²) >= 11 is 0. The maximum atomic E-state index is 12.6. The van der Waals surface area contributed by atoms with Crippen LogP contribution in [-0.2, 0) is 13.1 Å². The first-order valence-corrected chi connectivity index (χ1v) is 12.2. The van der Waals surface area contributed by atoms with Gasteiger partial charge in [-0.1, -0.05) is 12.1 Å². The lowest BCUT2D eigenvalue weighted by molar-refractivity contribution is 0.153. The van der Waals surface area contributed by atoms with Crippen LogP contribution in [-0.4, -0.2) is 68.2 Å². The topological polar surface area (TPSA) is 59.0 Å². The number of nitrogens with zero attached hydrogens (tertiary/aromatic N) is 3. The average Bonchev–Trinajstić information content (AvgIpc) is 2.88. The molecule has 0 spiro atoms. The minimum Gasteiger partial charge on any atom is -0.486 e. The van der Waals surface area contributed by atoms with E-state index in [1.54, 1.807) is 6.07 Å². The molecule has 2 aliphatic rings. The molecule has 2 aliphatic heterocycles. The summed E-state index contributed by atoms with van der Waals surface area (Å²) in [4.78, 5) is 17.6. The van der Waals surface area contributed by atoms with Gasteiger partial charge in [0.05, 0.1) is 5.52 Å². The maximum Gasteiger partial charge on any atom is 0.251 e. The van der Waals surface area contributed by atoms with E-state index >= 15 is 0 Å². The Labute approximate surface area is 201 Å². The zero-order chi connectivity index (χ0) is 23.5. The number of benzene rings is 2. The van der Waals surface area contributed by atoms with E-state index in [0.717, 1.165) is 67.1 Å². The Bertz CT molecular complexity index is 1210. The van der Waals surface area contributed by atoms with Crippen molar-refractivity contribution in [1.29, 1.82) is 0 Å². The Kier molecular flexibility index (Phi) is 6.78. The minimum atomic E-state index is 0.0646. The molecule has 0 saturated carbocycles. The molecule has 5 rings (SSSR count). The van der Waals surface area contributed by atoms with Gasteiger partial charge in [-0.2, -0.15) is 0 Å². The van der Waals surface area contributed by atoms with E-state index in [1.165, 1.54) is 5.56 Å². The molecular formula is C26H33BN4O3. The molecule has 0 bridgehead atoms. The summed E-state index contributed by atoms with van der Waals surface area (Å²) in [6.07, 6.45) is 2.27. The van der Waals surface area contributed by atoms with Gasteiger partial charge in [0.1, 0.15) is 13.2 Å². The molecule has 0 amide bonds. The van der Waals surface area contributed by atoms with Crippen molar-refractivity contribution in [2.45, 2.75) is 32.0 Å². The van der Waals surface area contributed by atoms with Gasteiger partial charge in [0, 0.05) is 49.9 Å². The summed E-state index contributed by atoms with van der Waals surface area (Å²) in [5.74, 6) is 1.70. The highest BCUT2D eigenvalue weighted by atomic mass is 16.6. The molecule has 178 valence electrons. The van der Waals surface area contributed by atoms with E-state index in [9.17, 15) is 4.79 Å². The Morgan fingerprint density at radius 2 is 1.82 bits per heavy atom. The number of hydrogen-bond donors (Lipinski definition) is 1. The molecule has 8 heteroatoms. The van der Waals surface area contributed by atoms with Crippen molar-refractivity contribution >= 4 is 24.6 Å². The molecule has 1 N–H and O–H groups in total. The molecule has 0 aliphatic carbocycles. The molecule has 3 aromatic rings. The zero-order valence-electron chi connectivity index (χ0n) is 20.1. The predicted octanol–water partition coefficient (Wildman–Crippen LogP) is 2.33. The van der Waals surface area contributed by atoms with Gasteiger partial charge < -0.3 is 29.1 Å². The molecule has 1 aromatic heterocycles. The van der Waals surface area contributed by atoms with E-state index in [4.69, 9.17) is 9.47 Å². The number of ether oxygens (including phenoxy) is 2. The minimum absolute atomic E-state index is 0.0646. The lowest BCUT2D eigenvalue weighted by atomic mass is 9.99. The normalized spacial score (nSPS) is 16.8. The molecule has 0 unspecified atom stereocenters. The van der Waals surface area contributed by atoms with Crippen LogP contribution in [0.1, 0.15) is 18.4 Å². The van der Waals surface area contributed by atoms with Crippen molar-refractivity contribution in [3.63, 3.8) is 0 Å². The first kappa shape index (κ1) is 22.8. The maximum absolute atomic E-state index is 12.6. The highest BCUT2D eigenvalue weighted by Gasteiger charge is 2.23. The van der Waals surface area contributed by atoms with Crippen LogP contribution >= 0.6 is 0 Å². The molecular weight excluding hydrogens is 427 g/mol. The van der Waals surface area contributed by atoms with E-state index in [2.05, 4.69) is 35.1 Å². The highest BCUT2D eigenvalue weighted by Crippen LogP contribution is 2.31. The zero-order valence-corrected chi connectivity index (χ0v) is 20.1. The number of nitrogens with one attached hydrogen (secondary N) is 1. The van der Waals surface area contributed by atoms with Crippen molar-refractivity contribution in [2.24, 2.45) is 0 Å². The summed E-state index contributed by atoms with van der Waals surface area (Å²) in [6.45, 7) is 5.85. The Morgan fingerprint density at radius 1 is 1.03 bits per heavy atom. The van der Waals surface area contributed by atoms with Gasteiger partial charge >= 0.3 is 0 Å². The Balaban J connectivity index is 1.16. The van der Waals surface area contributed by atoms with Crippen LogP contribution in [0.4, 0.5) is 5.69 Å². The Hall–Kier alpha value is -2.97. The number of piperidine rings is 1. The number of anilines is 1. The van der Waals surface area contributed by atoms with Crippen LogP contribution in [0.3, 0.4) is 0 Å². The Morgan fingerprint density at radius 3 is 2.62 bits per heavy atom. The monoisotopic (exact) mass is 460 g/mol. The second kappa shape index (κ2) is 10.1. The van der Waals surface area contributed by atoms with Gasteiger partial charge in [0.2, 0.25) is 0 Å². The summed E-state index contributed by atoms with van der Waals surface area (Å²) in [5, 5.41) is 4.31. The summed E-state index contributed by atoms with van der Waals surface area (Å²) in [5.41, 5.74) is 3.36. The summed E-state index contributed by atoms with van der Waals surface area (Å²) < 4.78 is 13.3. The van der Waals surface area contributed by atoms with Crippen molar-refractivity contribution < 1.29 is 9.47 Å². The lowest BCUT2D eigenvalue weighted by Crippen LogP contribution is -2.44. The van der Waals surface area contributed by atoms with Crippen LogP contribution < -0.4 is 20.3 Å². The standard InChI is InChI=1S/C26H33BN4O3/c1-28-22-3-2-4-23-21(22)6-8-26(32)30(23)14-13-29-11-9-20(10-12-29)31(27)18-19-5-7-24-25(17-19)34-16-15-33-24/h2-8,17,20,28H,9-16,18,27H2,1H3. The predicted molar refractivity (Wildman–Crippen MR) is 139 cm³/mol. The third kappa shape index (κ3) is 4.79. The van der Waals surface area contributed by atoms with E-state index in [0.29, 0.717) is 25.8 Å². The van der Waals surface area contributed by atoms with Gasteiger partial charge in [0.25, 0.3) is 5.56 Å². The second-order valence-electron chi connectivity index (χ2n) is 9.28. The van der Waals surface area contributed by atoms with Gasteiger partial charge in [-0.25, -0.2) is 0 Å². The van der Waals surface area contributed by atoms with Gasteiger partial charge in [-0.15, -0.1) is 0 Å². The molecule has 1 fully saturated rings. The first-order valence-electron chi connectivity index (χ1n) is 12.2. The first-order chi connectivity index (χ1) is 16.6. The number of rotatable bonds is 7. The average molecular weight is 460 g/mol. The van der Waals surface area contributed by atoms with Crippen molar-refractivity contribution in [3.05, 3.63) is 64.4 Å². The molecule has 1 saturated heterocycles. The fraction of sp³-hybridized carbons (Fsp3) is 0.423. The fourth-order valence-electron chi connectivity index (χ4n) is 5.20. The number of aromatic nitrogens is 1. The van der Waals surface area contributed by atoms with Gasteiger partial charge in [-0.05, 0) is 61.8 Å². The second-order valence-corrected chi connectivity index (χ2v) is 9.28. The molecule has 34 heavy (non-hydrogen) atoms. The van der Waals surface area contributed by atoms with E-state index < -0.39 is 0 Å². The lowest BCUT2D eigenvalue weighted by Gasteiger charge is -2.37. The van der Waals surface area contributed by atoms with Crippen LogP contribution in [0.5, 0.6) is 11.5 Å². The molecule has 0 radical (unpaired) electrons. The fourth-order valence-corrected chi connectivity index (χ4v) is 5.20. The smallest absolute Gasteiger partial charge is 0.251 e. The van der Waals surface area contributed by atoms with Gasteiger partial charge in [-0.3, -0.25) is 4.79 Å². The third-order valence-corrected chi connectivity index (χ3v) is 7.16. The van der Waals surface area contributed by atoms with Crippen molar-refractivity contribution in [3.8, 4) is 11.5 Å². The van der Waals surface area contributed by atoms with Crippen LogP contribution in [0, 0.1) is 0 Å². The van der Waals surface area contributed by atoms with Gasteiger partial charge in [0.15, 0.2) is 19.5 Å². The summed E-state index contributed by atoms with van der Waals surface area (Å²) in [7, 11) is 4.13. The molecule has 3 heterocycles. The number of hydrogen-bond acceptors (Lipinski definition) is 6. The molecule has 0 atom stereocenters. The molecule has 7 nitrogen and oxygen atoms in total. The largest absolute Gasteiger partial charge is 0.486 e. The summed E-state index contributed by atoms with van der Waals surface area (Å²) in [6, 6.07) is 16.5. The van der Waals surface area contributed by atoms with E-state index in [1.807, 2.05) is 41.9 Å². The number of fused-ring (bicyclic) bond motifs is 2. The number of pyridine rings is 1. The number of likely N-dealkylation sites (tertiary alicyclic amines) is 1. The van der Waals surface area contributed by atoms with Crippen molar-refractivity contribution in [1.82, 2.24) is 14.3 Å².